The van der Waals surface area contributed by atoms with Crippen LogP contribution in [-0.2, 0) is 0 Å². The molecule has 2 atom stereocenters. The number of nitrogens with zero attached hydrogens (tertiary/aromatic N) is 3. The number of hydrogen-bond donors (Lipinski definition) is 0. The third kappa shape index (κ3) is 2.32. The highest BCUT2D eigenvalue weighted by Gasteiger charge is 2.24. The van der Waals surface area contributed by atoms with Crippen molar-refractivity contribution in [2.45, 2.75) is 25.3 Å². The van der Waals surface area contributed by atoms with Crippen molar-refractivity contribution in [3.8, 4) is 0 Å². The van der Waals surface area contributed by atoms with Gasteiger partial charge in [-0.25, -0.2) is 18.7 Å². The molecule has 0 aliphatic heterocycles. The Balaban J connectivity index is 2.32. The molecule has 3 aromatic rings. The predicted molar refractivity (Wildman–Crippen MR) is 79.8 cm³/mol. The lowest BCUT2D eigenvalue weighted by molar-refractivity contribution is 0.506. The lowest BCUT2D eigenvalue weighted by Crippen LogP contribution is -2.12. The number of rotatable bonds is 3. The number of imidazole rings is 1. The summed E-state index contributed by atoms with van der Waals surface area (Å²) in [5.41, 5.74) is 0.514. The Labute approximate surface area is 129 Å². The Hall–Kier alpha value is -1.53. The average molecular weight is 328 g/mol. The smallest absolute Gasteiger partial charge is 0.184 e. The van der Waals surface area contributed by atoms with Crippen LogP contribution >= 0.6 is 22.9 Å². The van der Waals surface area contributed by atoms with Gasteiger partial charge in [-0.2, -0.15) is 0 Å². The number of alkyl halides is 1. The van der Waals surface area contributed by atoms with Gasteiger partial charge in [-0.05, 0) is 26.0 Å². The standard InChI is InChI=1S/C14H12ClF2N3S/c1-7(15)13-19-10-4-3-9(16)11(17)12(10)20(13)8(2)14-18-5-6-21-14/h3-8H,1-2H3. The SMILES string of the molecule is CC(Cl)c1nc2ccc(F)c(F)c2n1C(C)c1nccs1. The van der Waals surface area contributed by atoms with E-state index in [9.17, 15) is 8.78 Å². The summed E-state index contributed by atoms with van der Waals surface area (Å²) >= 11 is 7.61. The van der Waals surface area contributed by atoms with Crippen molar-refractivity contribution in [3.05, 3.63) is 46.2 Å². The summed E-state index contributed by atoms with van der Waals surface area (Å²) in [4.78, 5) is 8.59. The van der Waals surface area contributed by atoms with Crippen molar-refractivity contribution in [2.75, 3.05) is 0 Å². The molecule has 0 saturated heterocycles. The minimum absolute atomic E-state index is 0.125. The number of hydrogen-bond acceptors (Lipinski definition) is 3. The fourth-order valence-corrected chi connectivity index (χ4v) is 3.20. The van der Waals surface area contributed by atoms with Crippen LogP contribution < -0.4 is 0 Å². The van der Waals surface area contributed by atoms with Crippen molar-refractivity contribution >= 4 is 34.0 Å². The van der Waals surface area contributed by atoms with Gasteiger partial charge in [0.05, 0.1) is 16.9 Å². The van der Waals surface area contributed by atoms with E-state index >= 15 is 0 Å². The zero-order chi connectivity index (χ0) is 15.1. The maximum absolute atomic E-state index is 14.2. The van der Waals surface area contributed by atoms with E-state index in [-0.39, 0.29) is 11.6 Å². The van der Waals surface area contributed by atoms with Crippen molar-refractivity contribution in [2.24, 2.45) is 0 Å². The van der Waals surface area contributed by atoms with Crippen LogP contribution in [0.25, 0.3) is 11.0 Å². The van der Waals surface area contributed by atoms with Crippen LogP contribution in [0.2, 0.25) is 0 Å². The van der Waals surface area contributed by atoms with Gasteiger partial charge in [-0.15, -0.1) is 22.9 Å². The van der Waals surface area contributed by atoms with E-state index < -0.39 is 17.0 Å². The maximum atomic E-state index is 14.2. The molecule has 0 N–H and O–H groups in total. The maximum Gasteiger partial charge on any atom is 0.184 e. The van der Waals surface area contributed by atoms with E-state index in [4.69, 9.17) is 11.6 Å². The highest BCUT2D eigenvalue weighted by atomic mass is 35.5. The molecule has 2 unspecified atom stereocenters. The van der Waals surface area contributed by atoms with Gasteiger partial charge < -0.3 is 4.57 Å². The van der Waals surface area contributed by atoms with E-state index in [1.165, 1.54) is 17.4 Å². The van der Waals surface area contributed by atoms with Crippen molar-refractivity contribution in [3.63, 3.8) is 0 Å². The lowest BCUT2D eigenvalue weighted by atomic mass is 10.2. The molecule has 0 saturated carbocycles. The number of thiazole rings is 1. The second kappa shape index (κ2) is 5.35. The van der Waals surface area contributed by atoms with Crippen LogP contribution in [0.4, 0.5) is 8.78 Å². The van der Waals surface area contributed by atoms with Crippen LogP contribution in [0.1, 0.15) is 36.1 Å². The van der Waals surface area contributed by atoms with E-state index in [1.54, 1.807) is 17.7 Å². The second-order valence-electron chi connectivity index (χ2n) is 4.73. The summed E-state index contributed by atoms with van der Waals surface area (Å²) in [6.45, 7) is 3.62. The van der Waals surface area contributed by atoms with Gasteiger partial charge in [0.1, 0.15) is 16.3 Å². The summed E-state index contributed by atoms with van der Waals surface area (Å²) in [6, 6.07) is 2.26. The quantitative estimate of drug-likeness (QED) is 0.654. The molecule has 110 valence electrons. The minimum atomic E-state index is -0.910. The number of fused-ring (bicyclic) bond motifs is 1. The highest BCUT2D eigenvalue weighted by Crippen LogP contribution is 2.33. The average Bonchev–Trinajstić information content (AvgIpc) is 3.09. The van der Waals surface area contributed by atoms with Gasteiger partial charge in [-0.1, -0.05) is 0 Å². The third-order valence-electron chi connectivity index (χ3n) is 3.32. The Bertz CT molecular complexity index is 783. The first kappa shape index (κ1) is 14.4. The fraction of sp³-hybridized carbons (Fsp3) is 0.286. The lowest BCUT2D eigenvalue weighted by Gasteiger charge is -2.16. The summed E-state index contributed by atoms with van der Waals surface area (Å²) in [6.07, 6.45) is 1.68. The largest absolute Gasteiger partial charge is 0.314 e. The molecule has 0 fully saturated rings. The van der Waals surface area contributed by atoms with Crippen LogP contribution in [0.3, 0.4) is 0 Å². The van der Waals surface area contributed by atoms with Crippen molar-refractivity contribution in [1.29, 1.82) is 0 Å². The summed E-state index contributed by atoms with van der Waals surface area (Å²) < 4.78 is 29.5. The van der Waals surface area contributed by atoms with Gasteiger partial charge in [0, 0.05) is 11.6 Å². The molecule has 7 heteroatoms. The van der Waals surface area contributed by atoms with Crippen LogP contribution in [0.15, 0.2) is 23.7 Å². The van der Waals surface area contributed by atoms with E-state index in [1.807, 2.05) is 12.3 Å². The summed E-state index contributed by atoms with van der Waals surface area (Å²) in [5.74, 6) is -1.31. The van der Waals surface area contributed by atoms with Gasteiger partial charge in [0.2, 0.25) is 0 Å². The van der Waals surface area contributed by atoms with E-state index in [0.717, 1.165) is 11.1 Å². The van der Waals surface area contributed by atoms with E-state index in [0.29, 0.717) is 11.3 Å². The van der Waals surface area contributed by atoms with Crippen LogP contribution in [0.5, 0.6) is 0 Å². The molecule has 0 radical (unpaired) electrons. The van der Waals surface area contributed by atoms with Crippen LogP contribution in [-0.4, -0.2) is 14.5 Å². The van der Waals surface area contributed by atoms with Crippen molar-refractivity contribution < 1.29 is 8.78 Å². The molecule has 2 aromatic heterocycles. The van der Waals surface area contributed by atoms with Gasteiger partial charge in [0.25, 0.3) is 0 Å². The highest BCUT2D eigenvalue weighted by molar-refractivity contribution is 7.09. The molecule has 3 nitrogen and oxygen atoms in total. The molecule has 3 rings (SSSR count). The molecule has 21 heavy (non-hydrogen) atoms. The van der Waals surface area contributed by atoms with E-state index in [2.05, 4.69) is 9.97 Å². The monoisotopic (exact) mass is 327 g/mol. The van der Waals surface area contributed by atoms with Gasteiger partial charge in [-0.3, -0.25) is 0 Å². The first-order valence-corrected chi connectivity index (χ1v) is 7.71. The molecule has 2 heterocycles. The predicted octanol–water partition coefficient (Wildman–Crippen LogP) is 4.68. The number of aromatic nitrogens is 3. The van der Waals surface area contributed by atoms with Gasteiger partial charge >= 0.3 is 0 Å². The molecule has 0 spiro atoms. The summed E-state index contributed by atoms with van der Waals surface area (Å²) in [5, 5.41) is 2.20. The third-order valence-corrected chi connectivity index (χ3v) is 4.46. The van der Waals surface area contributed by atoms with Gasteiger partial charge in [0.15, 0.2) is 11.6 Å². The first-order valence-electron chi connectivity index (χ1n) is 6.40. The Morgan fingerprint density at radius 2 is 2.05 bits per heavy atom. The molecular formula is C14H12ClF2N3S. The first-order chi connectivity index (χ1) is 10.0. The summed E-state index contributed by atoms with van der Waals surface area (Å²) in [7, 11) is 0. The molecule has 0 aliphatic carbocycles. The minimum Gasteiger partial charge on any atom is -0.314 e. The Kier molecular flexibility index (Phi) is 3.67. The number of halogens is 3. The number of benzene rings is 1. The molecule has 0 aliphatic rings. The zero-order valence-corrected chi connectivity index (χ0v) is 12.9. The molecular weight excluding hydrogens is 316 g/mol. The normalized spacial score (nSPS) is 14.5. The topological polar surface area (TPSA) is 30.7 Å². The molecule has 0 amide bonds. The Morgan fingerprint density at radius 1 is 1.29 bits per heavy atom. The zero-order valence-electron chi connectivity index (χ0n) is 11.3. The fourth-order valence-electron chi connectivity index (χ4n) is 2.36. The molecule has 0 bridgehead atoms. The molecule has 1 aromatic carbocycles. The second-order valence-corrected chi connectivity index (χ2v) is 6.31. The Morgan fingerprint density at radius 3 is 2.67 bits per heavy atom. The van der Waals surface area contributed by atoms with Crippen LogP contribution in [0, 0.1) is 11.6 Å². The van der Waals surface area contributed by atoms with Crippen molar-refractivity contribution in [1.82, 2.24) is 14.5 Å².